The molecule has 1 N–H and O–H groups in total. The topological polar surface area (TPSA) is 136 Å². The van der Waals surface area contributed by atoms with E-state index in [1.807, 2.05) is 31.7 Å². The molecule has 6 rings (SSSR count). The molecule has 0 bridgehead atoms. The van der Waals surface area contributed by atoms with E-state index in [1.165, 1.54) is 12.7 Å². The molecule has 1 aliphatic rings. The number of amides is 1. The third kappa shape index (κ3) is 5.89. The van der Waals surface area contributed by atoms with Crippen molar-refractivity contribution in [1.29, 1.82) is 0 Å². The molecule has 210 valence electrons. The molecule has 1 aromatic carbocycles. The fourth-order valence-electron chi connectivity index (χ4n) is 4.29. The number of hydrogen-bond donors (Lipinski definition) is 1. The maximum Gasteiger partial charge on any atom is 0.410 e. The quantitative estimate of drug-likeness (QED) is 0.312. The summed E-state index contributed by atoms with van der Waals surface area (Å²) < 4.78 is 13.1. The first-order valence-corrected chi connectivity index (χ1v) is 13.3. The van der Waals surface area contributed by atoms with Crippen molar-refractivity contribution < 1.29 is 14.3 Å². The summed E-state index contributed by atoms with van der Waals surface area (Å²) in [7, 11) is 0. The summed E-state index contributed by atoms with van der Waals surface area (Å²) in [5, 5.41) is 7.78. The van der Waals surface area contributed by atoms with Gasteiger partial charge in [0.05, 0.1) is 11.2 Å². The number of benzene rings is 1. The number of carbonyl (C=O) groups excluding carboxylic acids is 1. The average Bonchev–Trinajstić information content (AvgIpc) is 3.42. The summed E-state index contributed by atoms with van der Waals surface area (Å²) in [5.74, 6) is 2.12. The van der Waals surface area contributed by atoms with Crippen LogP contribution < -0.4 is 15.0 Å². The van der Waals surface area contributed by atoms with E-state index in [0.29, 0.717) is 76.8 Å². The van der Waals surface area contributed by atoms with Gasteiger partial charge in [-0.2, -0.15) is 5.10 Å². The number of piperazine rings is 1. The molecule has 14 heteroatoms. The van der Waals surface area contributed by atoms with Gasteiger partial charge in [-0.1, -0.05) is 11.6 Å². The van der Waals surface area contributed by atoms with Crippen LogP contribution in [0.25, 0.3) is 16.7 Å². The number of pyridine rings is 1. The zero-order valence-corrected chi connectivity index (χ0v) is 23.4. The van der Waals surface area contributed by atoms with Gasteiger partial charge >= 0.3 is 6.09 Å². The second-order valence-corrected chi connectivity index (χ2v) is 10.8. The molecule has 0 aliphatic carbocycles. The molecular formula is C27H27ClN10O3. The summed E-state index contributed by atoms with van der Waals surface area (Å²) in [6, 6.07) is 8.91. The van der Waals surface area contributed by atoms with Gasteiger partial charge < -0.3 is 24.6 Å². The number of rotatable bonds is 5. The number of fused-ring (bicyclic) bond motifs is 2. The molecule has 5 aromatic rings. The predicted molar refractivity (Wildman–Crippen MR) is 153 cm³/mol. The van der Waals surface area contributed by atoms with E-state index >= 15 is 0 Å². The van der Waals surface area contributed by atoms with Crippen LogP contribution in [0.1, 0.15) is 20.8 Å². The predicted octanol–water partition coefficient (Wildman–Crippen LogP) is 4.71. The number of aromatic nitrogens is 7. The van der Waals surface area contributed by atoms with Crippen molar-refractivity contribution in [3.63, 3.8) is 0 Å². The smallest absolute Gasteiger partial charge is 0.410 e. The summed E-state index contributed by atoms with van der Waals surface area (Å²) in [4.78, 5) is 38.3. The lowest BCUT2D eigenvalue weighted by Gasteiger charge is -2.35. The van der Waals surface area contributed by atoms with Crippen molar-refractivity contribution >= 4 is 51.8 Å². The molecule has 1 aliphatic heterocycles. The van der Waals surface area contributed by atoms with Gasteiger partial charge in [0.15, 0.2) is 11.5 Å². The van der Waals surface area contributed by atoms with Crippen LogP contribution in [0.2, 0.25) is 5.02 Å². The van der Waals surface area contributed by atoms with Gasteiger partial charge in [0, 0.05) is 44.1 Å². The summed E-state index contributed by atoms with van der Waals surface area (Å²) in [5.41, 5.74) is 1.98. The van der Waals surface area contributed by atoms with Crippen LogP contribution in [0.4, 0.5) is 22.2 Å². The lowest BCUT2D eigenvalue weighted by atomic mass is 10.2. The zero-order chi connectivity index (χ0) is 28.6. The van der Waals surface area contributed by atoms with Crippen LogP contribution in [0.5, 0.6) is 11.5 Å². The largest absolute Gasteiger partial charge is 0.456 e. The molecule has 1 amide bonds. The number of nitrogens with zero attached hydrogens (tertiary/aromatic N) is 9. The van der Waals surface area contributed by atoms with E-state index in [1.54, 1.807) is 46.1 Å². The van der Waals surface area contributed by atoms with Gasteiger partial charge in [-0.15, -0.1) is 0 Å². The van der Waals surface area contributed by atoms with Gasteiger partial charge in [-0.25, -0.2) is 34.2 Å². The molecule has 4 aromatic heterocycles. The molecule has 0 radical (unpaired) electrons. The molecule has 0 spiro atoms. The minimum atomic E-state index is -0.538. The zero-order valence-electron chi connectivity index (χ0n) is 22.7. The molecule has 41 heavy (non-hydrogen) atoms. The Hall–Kier alpha value is -4.78. The Morgan fingerprint density at radius 3 is 2.61 bits per heavy atom. The molecule has 1 saturated heterocycles. The van der Waals surface area contributed by atoms with Gasteiger partial charge in [-0.05, 0) is 45.0 Å². The highest BCUT2D eigenvalue weighted by atomic mass is 35.5. The Labute approximate surface area is 240 Å². The third-order valence-corrected chi connectivity index (χ3v) is 6.55. The van der Waals surface area contributed by atoms with E-state index < -0.39 is 5.60 Å². The monoisotopic (exact) mass is 574 g/mol. The molecule has 5 heterocycles. The minimum absolute atomic E-state index is 0.317. The summed E-state index contributed by atoms with van der Waals surface area (Å²) in [6.07, 6.45) is 6.04. The van der Waals surface area contributed by atoms with Crippen molar-refractivity contribution in [3.05, 3.63) is 60.4 Å². The number of nitrogens with one attached hydrogen (secondary N) is 1. The molecule has 0 saturated carbocycles. The fraction of sp³-hybridized carbons (Fsp3) is 0.296. The van der Waals surface area contributed by atoms with Gasteiger partial charge in [0.25, 0.3) is 0 Å². The number of hydrogen-bond acceptors (Lipinski definition) is 11. The SMILES string of the molecule is CC(C)(C)OC(=O)N1CCN(c2ncc3ncnc(Nc4ccc(Oc5ccn6ncnc6c5)c(Cl)c4)c3n2)CC1. The van der Waals surface area contributed by atoms with Crippen LogP contribution in [-0.4, -0.2) is 77.3 Å². The van der Waals surface area contributed by atoms with E-state index in [9.17, 15) is 4.79 Å². The number of carbonyl (C=O) groups is 1. The maximum atomic E-state index is 12.4. The standard InChI is InChI=1S/C27H27ClN10O3/c1-27(2,3)41-26(39)37-10-8-36(9-11-37)25-29-14-20-23(35-25)24(32-15-30-20)34-17-4-5-21(19(28)12-17)40-18-6-7-38-22(13-18)31-16-33-38/h4-7,12-16H,8-11H2,1-3H3,(H,30,32,34). The van der Waals surface area contributed by atoms with Crippen molar-refractivity contribution in [3.8, 4) is 11.5 Å². The first kappa shape index (κ1) is 26.4. The summed E-state index contributed by atoms with van der Waals surface area (Å²) in [6.45, 7) is 7.73. The fourth-order valence-corrected chi connectivity index (χ4v) is 4.51. The lowest BCUT2D eigenvalue weighted by molar-refractivity contribution is 0.0240. The number of ether oxygens (including phenoxy) is 2. The third-order valence-electron chi connectivity index (χ3n) is 6.25. The Balaban J connectivity index is 1.17. The van der Waals surface area contributed by atoms with Crippen LogP contribution in [0.3, 0.4) is 0 Å². The molecule has 13 nitrogen and oxygen atoms in total. The average molecular weight is 575 g/mol. The highest BCUT2D eigenvalue weighted by Gasteiger charge is 2.27. The van der Waals surface area contributed by atoms with Crippen molar-refractivity contribution in [2.75, 3.05) is 36.4 Å². The van der Waals surface area contributed by atoms with Gasteiger partial charge in [-0.3, -0.25) is 0 Å². The van der Waals surface area contributed by atoms with E-state index in [2.05, 4.69) is 30.4 Å². The molecule has 0 atom stereocenters. The highest BCUT2D eigenvalue weighted by Crippen LogP contribution is 2.33. The first-order valence-electron chi connectivity index (χ1n) is 13.0. The van der Waals surface area contributed by atoms with Crippen molar-refractivity contribution in [2.45, 2.75) is 26.4 Å². The Kier molecular flexibility index (Phi) is 6.87. The number of anilines is 3. The Bertz CT molecular complexity index is 1730. The first-order chi connectivity index (χ1) is 19.7. The van der Waals surface area contributed by atoms with Gasteiger partial charge in [0.1, 0.15) is 40.8 Å². The van der Waals surface area contributed by atoms with E-state index in [4.69, 9.17) is 26.1 Å². The van der Waals surface area contributed by atoms with E-state index in [0.717, 1.165) is 0 Å². The molecule has 1 fully saturated rings. The lowest BCUT2D eigenvalue weighted by Crippen LogP contribution is -2.50. The van der Waals surface area contributed by atoms with Crippen molar-refractivity contribution in [2.24, 2.45) is 0 Å². The summed E-state index contributed by atoms with van der Waals surface area (Å²) >= 11 is 6.56. The molecule has 0 unspecified atom stereocenters. The maximum absolute atomic E-state index is 12.4. The Morgan fingerprint density at radius 1 is 1.00 bits per heavy atom. The Morgan fingerprint density at radius 2 is 1.83 bits per heavy atom. The van der Waals surface area contributed by atoms with Crippen molar-refractivity contribution in [1.82, 2.24) is 39.4 Å². The second-order valence-electron chi connectivity index (χ2n) is 10.4. The normalized spacial score (nSPS) is 14.0. The number of halogens is 1. The van der Waals surface area contributed by atoms with Gasteiger partial charge in [0.2, 0.25) is 5.95 Å². The van der Waals surface area contributed by atoms with E-state index in [-0.39, 0.29) is 6.09 Å². The minimum Gasteiger partial charge on any atom is -0.456 e. The highest BCUT2D eigenvalue weighted by molar-refractivity contribution is 6.32. The second kappa shape index (κ2) is 10.7. The molecular weight excluding hydrogens is 548 g/mol. The van der Waals surface area contributed by atoms with Crippen LogP contribution >= 0.6 is 11.6 Å². The van der Waals surface area contributed by atoms with Crippen LogP contribution in [-0.2, 0) is 4.74 Å². The van der Waals surface area contributed by atoms with Crippen LogP contribution in [0, 0.1) is 0 Å². The van der Waals surface area contributed by atoms with Crippen LogP contribution in [0.15, 0.2) is 55.4 Å².